The lowest BCUT2D eigenvalue weighted by Gasteiger charge is -2.42. The van der Waals surface area contributed by atoms with E-state index in [0.717, 1.165) is 12.8 Å². The van der Waals surface area contributed by atoms with E-state index in [4.69, 9.17) is 5.73 Å². The van der Waals surface area contributed by atoms with E-state index >= 15 is 0 Å². The molecule has 2 N–H and O–H groups in total. The maximum atomic E-state index is 6.97. The topological polar surface area (TPSA) is 29.3 Å². The van der Waals surface area contributed by atoms with Gasteiger partial charge in [0.1, 0.15) is 0 Å². The fourth-order valence-corrected chi connectivity index (χ4v) is 3.29. The normalized spacial score (nSPS) is 15.7. The van der Waals surface area contributed by atoms with Crippen LogP contribution in [-0.2, 0) is 5.54 Å². The van der Waals surface area contributed by atoms with Gasteiger partial charge in [-0.05, 0) is 31.6 Å². The van der Waals surface area contributed by atoms with Crippen molar-refractivity contribution in [3.63, 3.8) is 0 Å². The van der Waals surface area contributed by atoms with Crippen LogP contribution >= 0.6 is 0 Å². The molecule has 2 aromatic carbocycles. The summed E-state index contributed by atoms with van der Waals surface area (Å²) in [5.74, 6) is 0. The Bertz CT molecular complexity index is 536. The van der Waals surface area contributed by atoms with Crippen LogP contribution in [0, 0.1) is 0 Å². The van der Waals surface area contributed by atoms with E-state index < -0.39 is 0 Å². The standard InChI is InChI=1S/C19H26N2/c1-4-15-19(20,17-13-9-6-10-14-17)18(21(2)3)16-11-7-5-8-12-16/h5-14,18H,4,15,20H2,1-3H3. The van der Waals surface area contributed by atoms with Gasteiger partial charge in [0.2, 0.25) is 0 Å². The first-order chi connectivity index (χ1) is 10.1. The van der Waals surface area contributed by atoms with Gasteiger partial charge in [-0.1, -0.05) is 74.0 Å². The molecule has 0 bridgehead atoms. The highest BCUT2D eigenvalue weighted by molar-refractivity contribution is 5.32. The maximum absolute atomic E-state index is 6.97. The SMILES string of the molecule is CCCC(N)(c1ccccc1)C(c1ccccc1)N(C)C. The van der Waals surface area contributed by atoms with Gasteiger partial charge < -0.3 is 10.6 Å². The Labute approximate surface area is 128 Å². The van der Waals surface area contributed by atoms with Crippen LogP contribution in [0.1, 0.15) is 36.9 Å². The van der Waals surface area contributed by atoms with E-state index in [2.05, 4.69) is 80.5 Å². The molecule has 2 heteroatoms. The Morgan fingerprint density at radius 1 is 0.952 bits per heavy atom. The molecule has 0 aromatic heterocycles. The minimum Gasteiger partial charge on any atom is -0.320 e. The first-order valence-electron chi connectivity index (χ1n) is 7.65. The van der Waals surface area contributed by atoms with Crippen LogP contribution in [0.3, 0.4) is 0 Å². The Hall–Kier alpha value is -1.64. The summed E-state index contributed by atoms with van der Waals surface area (Å²) in [7, 11) is 4.22. The monoisotopic (exact) mass is 282 g/mol. The van der Waals surface area contributed by atoms with E-state index in [1.165, 1.54) is 11.1 Å². The first-order valence-corrected chi connectivity index (χ1v) is 7.65. The lowest BCUT2D eigenvalue weighted by atomic mass is 9.76. The van der Waals surface area contributed by atoms with Gasteiger partial charge >= 0.3 is 0 Å². The molecule has 0 aliphatic carbocycles. The molecule has 0 heterocycles. The molecule has 112 valence electrons. The number of hydrogen-bond donors (Lipinski definition) is 1. The van der Waals surface area contributed by atoms with Crippen LogP contribution < -0.4 is 5.73 Å². The fourth-order valence-electron chi connectivity index (χ4n) is 3.29. The Balaban J connectivity index is 2.52. The van der Waals surface area contributed by atoms with Crippen molar-refractivity contribution in [1.82, 2.24) is 4.90 Å². The number of nitrogens with zero attached hydrogens (tertiary/aromatic N) is 1. The van der Waals surface area contributed by atoms with Crippen LogP contribution in [0.15, 0.2) is 60.7 Å². The number of hydrogen-bond acceptors (Lipinski definition) is 2. The molecule has 0 amide bonds. The zero-order valence-electron chi connectivity index (χ0n) is 13.3. The fraction of sp³-hybridized carbons (Fsp3) is 0.368. The van der Waals surface area contributed by atoms with E-state index in [9.17, 15) is 0 Å². The van der Waals surface area contributed by atoms with Gasteiger partial charge in [0, 0.05) is 0 Å². The average molecular weight is 282 g/mol. The third-order valence-electron chi connectivity index (χ3n) is 4.09. The van der Waals surface area contributed by atoms with Gasteiger partial charge in [0.25, 0.3) is 0 Å². The number of nitrogens with two attached hydrogens (primary N) is 1. The zero-order chi connectivity index (χ0) is 15.3. The maximum Gasteiger partial charge on any atom is 0.0609 e. The number of benzene rings is 2. The molecule has 21 heavy (non-hydrogen) atoms. The zero-order valence-corrected chi connectivity index (χ0v) is 13.3. The minimum atomic E-state index is -0.388. The third kappa shape index (κ3) is 3.34. The quantitative estimate of drug-likeness (QED) is 0.869. The van der Waals surface area contributed by atoms with E-state index in [0.29, 0.717) is 0 Å². The Kier molecular flexibility index (Phi) is 5.16. The van der Waals surface area contributed by atoms with Gasteiger partial charge in [-0.2, -0.15) is 0 Å². The van der Waals surface area contributed by atoms with E-state index in [-0.39, 0.29) is 11.6 Å². The summed E-state index contributed by atoms with van der Waals surface area (Å²) in [5, 5.41) is 0. The molecular formula is C19H26N2. The smallest absolute Gasteiger partial charge is 0.0609 e. The highest BCUT2D eigenvalue weighted by atomic mass is 15.1. The average Bonchev–Trinajstić information content (AvgIpc) is 2.49. The van der Waals surface area contributed by atoms with Crippen LogP contribution in [-0.4, -0.2) is 19.0 Å². The number of rotatable bonds is 6. The Morgan fingerprint density at radius 2 is 1.48 bits per heavy atom. The summed E-state index contributed by atoms with van der Waals surface area (Å²) >= 11 is 0. The first kappa shape index (κ1) is 15.7. The second-order valence-corrected chi connectivity index (χ2v) is 5.93. The molecular weight excluding hydrogens is 256 g/mol. The second-order valence-electron chi connectivity index (χ2n) is 5.93. The van der Waals surface area contributed by atoms with E-state index in [1.54, 1.807) is 0 Å². The van der Waals surface area contributed by atoms with Crippen molar-refractivity contribution < 1.29 is 0 Å². The van der Waals surface area contributed by atoms with Gasteiger partial charge in [0.05, 0.1) is 11.6 Å². The van der Waals surface area contributed by atoms with Crippen molar-refractivity contribution >= 4 is 0 Å². The molecule has 0 radical (unpaired) electrons. The van der Waals surface area contributed by atoms with Crippen LogP contribution in [0.2, 0.25) is 0 Å². The lowest BCUT2D eigenvalue weighted by molar-refractivity contribution is 0.166. The summed E-state index contributed by atoms with van der Waals surface area (Å²) in [6.07, 6.45) is 2.01. The van der Waals surface area contributed by atoms with Crippen LogP contribution in [0.25, 0.3) is 0 Å². The highest BCUT2D eigenvalue weighted by Gasteiger charge is 2.38. The largest absolute Gasteiger partial charge is 0.320 e. The third-order valence-corrected chi connectivity index (χ3v) is 4.09. The molecule has 2 aromatic rings. The van der Waals surface area contributed by atoms with Crippen LogP contribution in [0.4, 0.5) is 0 Å². The molecule has 0 spiro atoms. The van der Waals surface area contributed by atoms with Crippen molar-refractivity contribution in [3.05, 3.63) is 71.8 Å². The molecule has 2 atom stereocenters. The van der Waals surface area contributed by atoms with Gasteiger partial charge in [-0.15, -0.1) is 0 Å². The van der Waals surface area contributed by atoms with Crippen molar-refractivity contribution in [2.24, 2.45) is 5.73 Å². The van der Waals surface area contributed by atoms with E-state index in [1.807, 2.05) is 6.07 Å². The van der Waals surface area contributed by atoms with Gasteiger partial charge in [-0.25, -0.2) is 0 Å². The summed E-state index contributed by atoms with van der Waals surface area (Å²) < 4.78 is 0. The second kappa shape index (κ2) is 6.88. The van der Waals surface area contributed by atoms with Crippen molar-refractivity contribution in [2.45, 2.75) is 31.3 Å². The van der Waals surface area contributed by atoms with Crippen molar-refractivity contribution in [1.29, 1.82) is 0 Å². The highest BCUT2D eigenvalue weighted by Crippen LogP contribution is 2.39. The predicted octanol–water partition coefficient (Wildman–Crippen LogP) is 3.94. The Morgan fingerprint density at radius 3 is 1.95 bits per heavy atom. The molecule has 0 aliphatic heterocycles. The molecule has 0 fully saturated rings. The minimum absolute atomic E-state index is 0.154. The van der Waals surface area contributed by atoms with Gasteiger partial charge in [-0.3, -0.25) is 0 Å². The van der Waals surface area contributed by atoms with Crippen molar-refractivity contribution in [2.75, 3.05) is 14.1 Å². The molecule has 0 saturated carbocycles. The molecule has 2 unspecified atom stereocenters. The van der Waals surface area contributed by atoms with Crippen molar-refractivity contribution in [3.8, 4) is 0 Å². The summed E-state index contributed by atoms with van der Waals surface area (Å²) in [5.41, 5.74) is 9.05. The van der Waals surface area contributed by atoms with Gasteiger partial charge in [0.15, 0.2) is 0 Å². The lowest BCUT2D eigenvalue weighted by Crippen LogP contribution is -2.48. The predicted molar refractivity (Wildman–Crippen MR) is 90.1 cm³/mol. The summed E-state index contributed by atoms with van der Waals surface area (Å²) in [6, 6.07) is 21.2. The molecule has 2 nitrogen and oxygen atoms in total. The number of likely N-dealkylation sites (N-methyl/N-ethyl adjacent to an activating group) is 1. The summed E-state index contributed by atoms with van der Waals surface area (Å²) in [4.78, 5) is 2.23. The molecule has 2 rings (SSSR count). The molecule has 0 saturated heterocycles. The molecule has 0 aliphatic rings. The van der Waals surface area contributed by atoms with Crippen LogP contribution in [0.5, 0.6) is 0 Å². The summed E-state index contributed by atoms with van der Waals surface area (Å²) in [6.45, 7) is 2.20.